The molecule has 0 aliphatic rings. The minimum atomic E-state index is -4.46. The third kappa shape index (κ3) is 53.6. The van der Waals surface area contributed by atoms with Crippen LogP contribution in [0.2, 0.25) is 0 Å². The van der Waals surface area contributed by atoms with Crippen molar-refractivity contribution in [2.75, 3.05) is 40.9 Å². The van der Waals surface area contributed by atoms with Crippen LogP contribution in [0.1, 0.15) is 239 Å². The topological polar surface area (TPSA) is 111 Å². The summed E-state index contributed by atoms with van der Waals surface area (Å²) in [7, 11) is 1.45. The highest BCUT2D eigenvalue weighted by atomic mass is 31.2. The molecule has 0 fully saturated rings. The molecule has 0 aliphatic heterocycles. The fourth-order valence-electron chi connectivity index (χ4n) is 7.94. The lowest BCUT2D eigenvalue weighted by Gasteiger charge is -2.27. The first-order valence-electron chi connectivity index (χ1n) is 29.6. The summed E-state index contributed by atoms with van der Waals surface area (Å²) in [5.41, 5.74) is 0. The van der Waals surface area contributed by atoms with Crippen molar-refractivity contribution in [1.82, 2.24) is 5.32 Å². The summed E-state index contributed by atoms with van der Waals surface area (Å²) in [6.07, 6.45) is 69.7. The summed E-state index contributed by atoms with van der Waals surface area (Å²) in [4.78, 5) is 37.6. The van der Waals surface area contributed by atoms with E-state index in [0.717, 1.165) is 103 Å². The zero-order chi connectivity index (χ0) is 53.6. The zero-order valence-corrected chi connectivity index (χ0v) is 48.7. The van der Waals surface area contributed by atoms with E-state index in [0.29, 0.717) is 23.9 Å². The van der Waals surface area contributed by atoms with Gasteiger partial charge in [-0.05, 0) is 109 Å². The maximum Gasteiger partial charge on any atom is 0.472 e. The van der Waals surface area contributed by atoms with Gasteiger partial charge in [0.15, 0.2) is 0 Å². The summed E-state index contributed by atoms with van der Waals surface area (Å²) in [6.45, 7) is 6.82. The Morgan fingerprint density at radius 2 is 0.877 bits per heavy atom. The monoisotopic (exact) mass is 1040 g/mol. The van der Waals surface area contributed by atoms with Gasteiger partial charge >= 0.3 is 13.8 Å². The van der Waals surface area contributed by atoms with Crippen LogP contribution in [0.3, 0.4) is 0 Å². The molecule has 0 spiro atoms. The van der Waals surface area contributed by atoms with Gasteiger partial charge in [-0.1, -0.05) is 215 Å². The highest BCUT2D eigenvalue weighted by molar-refractivity contribution is 7.47. The van der Waals surface area contributed by atoms with Crippen molar-refractivity contribution >= 4 is 19.7 Å². The summed E-state index contributed by atoms with van der Waals surface area (Å²) in [6, 6.07) is -0.875. The fourth-order valence-corrected chi connectivity index (χ4v) is 8.67. The molecule has 0 aliphatic carbocycles. The van der Waals surface area contributed by atoms with E-state index in [1.807, 2.05) is 33.3 Å². The minimum absolute atomic E-state index is 0.0268. The number of rotatable bonds is 52. The van der Waals surface area contributed by atoms with Crippen LogP contribution in [-0.2, 0) is 27.9 Å². The van der Waals surface area contributed by atoms with E-state index in [9.17, 15) is 19.0 Å². The molecule has 3 unspecified atom stereocenters. The Balaban J connectivity index is 5.39. The van der Waals surface area contributed by atoms with Gasteiger partial charge in [-0.3, -0.25) is 18.6 Å². The second-order valence-corrected chi connectivity index (χ2v) is 22.2. The Hall–Kier alpha value is -3.07. The molecule has 73 heavy (non-hydrogen) atoms. The van der Waals surface area contributed by atoms with Gasteiger partial charge in [-0.15, -0.1) is 0 Å². The molecule has 9 nitrogen and oxygen atoms in total. The Morgan fingerprint density at radius 1 is 0.493 bits per heavy atom. The molecule has 0 saturated heterocycles. The molecule has 0 heterocycles. The quantitative estimate of drug-likeness (QED) is 0.0205. The van der Waals surface area contributed by atoms with Crippen LogP contribution >= 0.6 is 7.82 Å². The van der Waals surface area contributed by atoms with Crippen LogP contribution in [0.15, 0.2) is 97.2 Å². The van der Waals surface area contributed by atoms with Crippen molar-refractivity contribution in [3.8, 4) is 0 Å². The summed E-state index contributed by atoms with van der Waals surface area (Å²) < 4.78 is 30.6. The summed E-state index contributed by atoms with van der Waals surface area (Å²) in [5.74, 6) is -0.561. The second-order valence-electron chi connectivity index (χ2n) is 20.8. The van der Waals surface area contributed by atoms with Crippen LogP contribution in [0.5, 0.6) is 0 Å². The Morgan fingerprint density at radius 3 is 1.36 bits per heavy atom. The predicted molar refractivity (Wildman–Crippen MR) is 314 cm³/mol. The lowest BCUT2D eigenvalue weighted by Crippen LogP contribution is -2.47. The van der Waals surface area contributed by atoms with Gasteiger partial charge in [0.2, 0.25) is 5.91 Å². The van der Waals surface area contributed by atoms with Gasteiger partial charge < -0.3 is 19.4 Å². The third-order valence-corrected chi connectivity index (χ3v) is 13.5. The lowest BCUT2D eigenvalue weighted by molar-refractivity contribution is -0.870. The summed E-state index contributed by atoms with van der Waals surface area (Å²) in [5, 5.41) is 3.03. The highest BCUT2D eigenvalue weighted by Gasteiger charge is 2.30. The van der Waals surface area contributed by atoms with Gasteiger partial charge in [0.1, 0.15) is 19.3 Å². The maximum absolute atomic E-state index is 13.5. The van der Waals surface area contributed by atoms with E-state index in [-0.39, 0.29) is 37.9 Å². The first-order valence-corrected chi connectivity index (χ1v) is 31.1. The van der Waals surface area contributed by atoms with Crippen LogP contribution in [-0.4, -0.2) is 74.3 Å². The van der Waals surface area contributed by atoms with Crippen molar-refractivity contribution in [2.24, 2.45) is 0 Å². The van der Waals surface area contributed by atoms with Crippen LogP contribution in [0.25, 0.3) is 0 Å². The standard InChI is InChI=1S/C63H111N2O7P/c1-7-10-13-16-19-22-25-28-30-32-33-34-36-38-41-44-47-50-53-56-63(67)72-61(54-51-48-45-42-39-27-24-21-18-15-12-9-3)60(59-71-73(68,69)70-58-57-65(4,5)6)64-62(66)55-52-49-46-43-40-37-35-31-29-26-23-20-17-14-11-8-2/h11,14,19-20,22-23,28-31,33-34,37,40,51,54,60-61H,7-10,12-13,15-18,21,24-27,32,35-36,38-39,41-50,52-53,55-59H2,1-6H3,(H-,64,66,68,69)/p+1/b14-11+,22-19-,23-20+,30-28-,31-29+,34-33-,40-37+,54-51+. The Labute approximate surface area is 449 Å². The smallest absolute Gasteiger partial charge is 0.456 e. The number of ether oxygens (including phenoxy) is 1. The molecule has 1 amide bonds. The molecule has 0 bridgehead atoms. The van der Waals surface area contributed by atoms with E-state index in [4.69, 9.17) is 13.8 Å². The lowest BCUT2D eigenvalue weighted by atomic mass is 10.0. The van der Waals surface area contributed by atoms with E-state index >= 15 is 0 Å². The van der Waals surface area contributed by atoms with Crippen LogP contribution in [0, 0.1) is 0 Å². The molecular weight excluding hydrogens is 928 g/mol. The van der Waals surface area contributed by atoms with Gasteiger partial charge in [0.25, 0.3) is 0 Å². The normalized spacial score (nSPS) is 14.5. The number of likely N-dealkylation sites (N-methyl/N-ethyl adjacent to an activating group) is 1. The number of nitrogens with one attached hydrogen (secondary N) is 1. The van der Waals surface area contributed by atoms with Crippen molar-refractivity contribution in [3.63, 3.8) is 0 Å². The Kier molecular flexibility index (Phi) is 50.2. The van der Waals surface area contributed by atoms with E-state index in [2.05, 4.69) is 111 Å². The number of hydrogen-bond acceptors (Lipinski definition) is 6. The average Bonchev–Trinajstić information content (AvgIpc) is 3.35. The largest absolute Gasteiger partial charge is 0.472 e. The molecular formula is C63H112N2O7P+. The van der Waals surface area contributed by atoms with E-state index in [1.165, 1.54) is 89.9 Å². The first-order chi connectivity index (χ1) is 35.4. The molecule has 0 saturated carbocycles. The molecule has 0 aromatic carbocycles. The molecule has 2 N–H and O–H groups in total. The van der Waals surface area contributed by atoms with E-state index in [1.54, 1.807) is 0 Å². The molecule has 420 valence electrons. The first kappa shape index (κ1) is 69.9. The number of carbonyl (C=O) groups excluding carboxylic acids is 2. The number of nitrogens with zero attached hydrogens (tertiary/aromatic N) is 1. The number of quaternary nitrogens is 1. The number of esters is 1. The van der Waals surface area contributed by atoms with Gasteiger partial charge in [-0.2, -0.15) is 0 Å². The Bertz CT molecular complexity index is 1570. The molecule has 10 heteroatoms. The second kappa shape index (κ2) is 52.4. The minimum Gasteiger partial charge on any atom is -0.456 e. The predicted octanol–water partition coefficient (Wildman–Crippen LogP) is 18.0. The number of allylic oxidation sites excluding steroid dienone is 15. The van der Waals surface area contributed by atoms with Gasteiger partial charge in [0, 0.05) is 12.8 Å². The number of phosphoric acid groups is 1. The van der Waals surface area contributed by atoms with E-state index < -0.39 is 20.0 Å². The molecule has 0 aromatic rings. The zero-order valence-electron chi connectivity index (χ0n) is 47.8. The van der Waals surface area contributed by atoms with Crippen molar-refractivity contribution in [3.05, 3.63) is 97.2 Å². The van der Waals surface area contributed by atoms with Crippen molar-refractivity contribution in [2.45, 2.75) is 251 Å². The van der Waals surface area contributed by atoms with Gasteiger partial charge in [0.05, 0.1) is 33.8 Å². The van der Waals surface area contributed by atoms with Gasteiger partial charge in [-0.25, -0.2) is 4.57 Å². The number of unbranched alkanes of at least 4 members (excludes halogenated alkanes) is 22. The number of carbonyl (C=O) groups is 2. The van der Waals surface area contributed by atoms with Crippen LogP contribution < -0.4 is 5.32 Å². The maximum atomic E-state index is 13.5. The average molecular weight is 1040 g/mol. The number of hydrogen-bond donors (Lipinski definition) is 2. The number of amides is 1. The SMILES string of the molecule is CC/C=C/C/C=C/C/C=C/C/C=C/CCCCCC(=O)NC(COP(=O)(O)OCC[N+](C)(C)C)C(/C=C/CCCCCCCCCCCC)OC(=O)CCCCCCCC/C=C\C/C=C\C/C=C\CCCCC. The molecule has 0 radical (unpaired) electrons. The fraction of sp³-hybridized carbons (Fsp3) is 0.714. The molecule has 0 rings (SSSR count). The van der Waals surface area contributed by atoms with Crippen molar-refractivity contribution in [1.29, 1.82) is 0 Å². The highest BCUT2D eigenvalue weighted by Crippen LogP contribution is 2.43. The summed E-state index contributed by atoms with van der Waals surface area (Å²) >= 11 is 0. The number of phosphoric ester groups is 1. The molecule has 3 atom stereocenters. The molecule has 0 aromatic heterocycles. The van der Waals surface area contributed by atoms with Crippen LogP contribution in [0.4, 0.5) is 0 Å². The third-order valence-electron chi connectivity index (χ3n) is 12.5. The van der Waals surface area contributed by atoms with Crippen molar-refractivity contribution < 1.29 is 37.3 Å².